The molecule has 1 N–H and O–H groups in total. The highest BCUT2D eigenvalue weighted by Gasteiger charge is 2.20. The molecule has 1 heterocycles. The van der Waals surface area contributed by atoms with Crippen LogP contribution in [0.4, 0.5) is 5.69 Å². The van der Waals surface area contributed by atoms with Crippen molar-refractivity contribution >= 4 is 11.6 Å². The number of hydrogen-bond donors (Lipinski definition) is 1. The van der Waals surface area contributed by atoms with E-state index in [1.807, 2.05) is 27.0 Å². The minimum atomic E-state index is -0.0702. The average molecular weight is 251 g/mol. The van der Waals surface area contributed by atoms with E-state index in [9.17, 15) is 4.79 Å². The predicted molar refractivity (Wildman–Crippen MR) is 71.8 cm³/mol. The summed E-state index contributed by atoms with van der Waals surface area (Å²) in [4.78, 5) is 18.2. The maximum Gasteiger partial charge on any atom is 0.272 e. The third-order valence-electron chi connectivity index (χ3n) is 2.81. The number of hydrogen-bond acceptors (Lipinski definition) is 4. The number of anilines is 1. The summed E-state index contributed by atoms with van der Waals surface area (Å²) >= 11 is 0. The number of nitrogens with zero attached hydrogens (tertiary/aromatic N) is 2. The van der Waals surface area contributed by atoms with Crippen LogP contribution in [0.25, 0.3) is 0 Å². The van der Waals surface area contributed by atoms with Crippen molar-refractivity contribution in [1.82, 2.24) is 9.88 Å². The van der Waals surface area contributed by atoms with Crippen LogP contribution >= 0.6 is 0 Å². The molecule has 1 unspecified atom stereocenters. The first-order chi connectivity index (χ1) is 8.63. The van der Waals surface area contributed by atoms with Crippen molar-refractivity contribution in [1.29, 1.82) is 0 Å². The van der Waals surface area contributed by atoms with Crippen LogP contribution in [0.1, 0.15) is 24.3 Å². The third-order valence-corrected chi connectivity index (χ3v) is 2.81. The number of ether oxygens (including phenoxy) is 1. The Balaban J connectivity index is 2.88. The molecule has 0 aliphatic heterocycles. The smallest absolute Gasteiger partial charge is 0.272 e. The van der Waals surface area contributed by atoms with Gasteiger partial charge in [-0.25, -0.2) is 0 Å². The lowest BCUT2D eigenvalue weighted by Gasteiger charge is -2.27. The zero-order valence-electron chi connectivity index (χ0n) is 11.4. The molecule has 0 aromatic carbocycles. The maximum atomic E-state index is 12.3. The van der Waals surface area contributed by atoms with E-state index < -0.39 is 0 Å². The number of likely N-dealkylation sites (N-methyl/N-ethyl adjacent to an activating group) is 1. The quantitative estimate of drug-likeness (QED) is 0.834. The Labute approximate surface area is 108 Å². The zero-order chi connectivity index (χ0) is 13.5. The summed E-state index contributed by atoms with van der Waals surface area (Å²) in [7, 11) is 3.45. The Morgan fingerprint density at radius 1 is 1.61 bits per heavy atom. The molecule has 100 valence electrons. The molecule has 0 saturated carbocycles. The number of carbonyl (C=O) groups is 1. The van der Waals surface area contributed by atoms with Gasteiger partial charge < -0.3 is 15.0 Å². The van der Waals surface area contributed by atoms with Crippen molar-refractivity contribution in [3.05, 3.63) is 24.0 Å². The first-order valence-electron chi connectivity index (χ1n) is 6.07. The van der Waals surface area contributed by atoms with Crippen LogP contribution in [0.5, 0.6) is 0 Å². The van der Waals surface area contributed by atoms with Gasteiger partial charge in [-0.05, 0) is 26.0 Å². The summed E-state index contributed by atoms with van der Waals surface area (Å²) in [6.07, 6.45) is 1.63. The number of rotatable bonds is 6. The zero-order valence-corrected chi connectivity index (χ0v) is 11.4. The van der Waals surface area contributed by atoms with E-state index in [2.05, 4.69) is 10.3 Å². The summed E-state index contributed by atoms with van der Waals surface area (Å²) in [6, 6.07) is 3.61. The van der Waals surface area contributed by atoms with E-state index in [4.69, 9.17) is 4.74 Å². The van der Waals surface area contributed by atoms with Gasteiger partial charge in [0.2, 0.25) is 0 Å². The Kier molecular flexibility index (Phi) is 5.58. The molecule has 0 aliphatic carbocycles. The lowest BCUT2D eigenvalue weighted by Crippen LogP contribution is -2.41. The van der Waals surface area contributed by atoms with Crippen LogP contribution in [-0.4, -0.2) is 49.1 Å². The van der Waals surface area contributed by atoms with Gasteiger partial charge in [0, 0.05) is 32.6 Å². The highest BCUT2D eigenvalue weighted by Crippen LogP contribution is 2.11. The summed E-state index contributed by atoms with van der Waals surface area (Å²) in [5, 5.41) is 3.00. The second-order valence-corrected chi connectivity index (χ2v) is 4.08. The Hall–Kier alpha value is -1.62. The van der Waals surface area contributed by atoms with Crippen LogP contribution < -0.4 is 5.32 Å². The van der Waals surface area contributed by atoms with Crippen molar-refractivity contribution in [2.45, 2.75) is 19.9 Å². The van der Waals surface area contributed by atoms with Gasteiger partial charge in [-0.3, -0.25) is 9.78 Å². The fraction of sp³-hybridized carbons (Fsp3) is 0.538. The third kappa shape index (κ3) is 3.43. The van der Waals surface area contributed by atoms with Crippen LogP contribution in [0.3, 0.4) is 0 Å². The first kappa shape index (κ1) is 14.4. The lowest BCUT2D eigenvalue weighted by molar-refractivity contribution is 0.0574. The first-order valence-corrected chi connectivity index (χ1v) is 6.07. The largest absolute Gasteiger partial charge is 0.388 e. The summed E-state index contributed by atoms with van der Waals surface area (Å²) in [6.45, 7) is 5.07. The lowest BCUT2D eigenvalue weighted by atomic mass is 10.2. The molecule has 5 nitrogen and oxygen atoms in total. The van der Waals surface area contributed by atoms with E-state index in [1.165, 1.54) is 0 Å². The Bertz CT molecular complexity index is 396. The number of amides is 1. The van der Waals surface area contributed by atoms with Crippen molar-refractivity contribution < 1.29 is 9.53 Å². The predicted octanol–water partition coefficient (Wildman–Crippen LogP) is 1.62. The highest BCUT2D eigenvalue weighted by molar-refractivity contribution is 5.93. The molecule has 1 rings (SSSR count). The standard InChI is InChI=1S/C13H21N3O2/c1-5-16(10(2)9-18-4)13(17)12-8-11(14-3)6-7-15-12/h6-8,10H,5,9H2,1-4H3,(H,14,15). The minimum Gasteiger partial charge on any atom is -0.388 e. The molecular formula is C13H21N3O2. The molecule has 1 aromatic rings. The molecule has 0 bridgehead atoms. The van der Waals surface area contributed by atoms with Gasteiger partial charge in [-0.1, -0.05) is 0 Å². The fourth-order valence-electron chi connectivity index (χ4n) is 1.84. The monoisotopic (exact) mass is 251 g/mol. The van der Waals surface area contributed by atoms with Crippen LogP contribution in [0, 0.1) is 0 Å². The Morgan fingerprint density at radius 2 is 2.33 bits per heavy atom. The molecule has 0 fully saturated rings. The normalized spacial score (nSPS) is 12.0. The second kappa shape index (κ2) is 6.96. The number of pyridine rings is 1. The second-order valence-electron chi connectivity index (χ2n) is 4.08. The van der Waals surface area contributed by atoms with E-state index in [0.717, 1.165) is 5.69 Å². The molecule has 0 spiro atoms. The van der Waals surface area contributed by atoms with E-state index in [1.54, 1.807) is 24.3 Å². The molecule has 1 atom stereocenters. The molecule has 5 heteroatoms. The number of carbonyl (C=O) groups excluding carboxylic acids is 1. The van der Waals surface area contributed by atoms with Gasteiger partial charge in [0.25, 0.3) is 5.91 Å². The fourth-order valence-corrected chi connectivity index (χ4v) is 1.84. The van der Waals surface area contributed by atoms with Crippen molar-refractivity contribution in [3.8, 4) is 0 Å². The number of nitrogens with one attached hydrogen (secondary N) is 1. The molecule has 1 amide bonds. The Morgan fingerprint density at radius 3 is 2.89 bits per heavy atom. The SMILES string of the molecule is CCN(C(=O)c1cc(NC)ccn1)C(C)COC. The van der Waals surface area contributed by atoms with Gasteiger partial charge >= 0.3 is 0 Å². The van der Waals surface area contributed by atoms with Crippen LogP contribution in [0.2, 0.25) is 0 Å². The maximum absolute atomic E-state index is 12.3. The van der Waals surface area contributed by atoms with E-state index >= 15 is 0 Å². The summed E-state index contributed by atoms with van der Waals surface area (Å²) in [5.41, 5.74) is 1.33. The van der Waals surface area contributed by atoms with Gasteiger partial charge in [0.05, 0.1) is 12.6 Å². The van der Waals surface area contributed by atoms with Crippen molar-refractivity contribution in [3.63, 3.8) is 0 Å². The summed E-state index contributed by atoms with van der Waals surface area (Å²) < 4.78 is 5.09. The minimum absolute atomic E-state index is 0.0348. The van der Waals surface area contributed by atoms with Gasteiger partial charge in [-0.2, -0.15) is 0 Å². The number of methoxy groups -OCH3 is 1. The van der Waals surface area contributed by atoms with Gasteiger partial charge in [0.15, 0.2) is 0 Å². The summed E-state index contributed by atoms with van der Waals surface area (Å²) in [5.74, 6) is -0.0702. The van der Waals surface area contributed by atoms with Crippen LogP contribution in [-0.2, 0) is 4.74 Å². The van der Waals surface area contributed by atoms with E-state index in [-0.39, 0.29) is 11.9 Å². The van der Waals surface area contributed by atoms with Gasteiger partial charge in [0.1, 0.15) is 5.69 Å². The molecule has 0 saturated heterocycles. The topological polar surface area (TPSA) is 54.5 Å². The average Bonchev–Trinajstić information content (AvgIpc) is 2.40. The van der Waals surface area contributed by atoms with Crippen molar-refractivity contribution in [2.24, 2.45) is 0 Å². The molecule has 18 heavy (non-hydrogen) atoms. The molecule has 0 aliphatic rings. The van der Waals surface area contributed by atoms with E-state index in [0.29, 0.717) is 18.8 Å². The molecule has 1 aromatic heterocycles. The van der Waals surface area contributed by atoms with Crippen LogP contribution in [0.15, 0.2) is 18.3 Å². The van der Waals surface area contributed by atoms with Crippen molar-refractivity contribution in [2.75, 3.05) is 32.6 Å². The molecule has 0 radical (unpaired) electrons. The van der Waals surface area contributed by atoms with Gasteiger partial charge in [-0.15, -0.1) is 0 Å². The highest BCUT2D eigenvalue weighted by atomic mass is 16.5. The number of aromatic nitrogens is 1. The molecular weight excluding hydrogens is 230 g/mol.